The van der Waals surface area contributed by atoms with Crippen LogP contribution >= 0.6 is 0 Å². The van der Waals surface area contributed by atoms with E-state index in [1.54, 1.807) is 36.4 Å². The van der Waals surface area contributed by atoms with E-state index in [-0.39, 0.29) is 30.2 Å². The molecule has 0 atom stereocenters. The molecule has 1 heterocycles. The molecule has 2 aromatic carbocycles. The zero-order chi connectivity index (χ0) is 23.1. The van der Waals surface area contributed by atoms with Gasteiger partial charge in [0.05, 0.1) is 6.54 Å². The molecule has 3 N–H and O–H groups in total. The van der Waals surface area contributed by atoms with E-state index in [1.165, 1.54) is 0 Å². The number of benzene rings is 2. The maximum atomic E-state index is 12.6. The lowest BCUT2D eigenvalue weighted by atomic mass is 9.98. The molecule has 0 saturated carbocycles. The van der Waals surface area contributed by atoms with Crippen LogP contribution in [-0.4, -0.2) is 42.3 Å². The molecule has 3 amide bonds. The summed E-state index contributed by atoms with van der Waals surface area (Å²) in [6.45, 7) is 7.55. The molecule has 170 valence electrons. The summed E-state index contributed by atoms with van der Waals surface area (Å²) >= 11 is 0. The molecule has 0 spiro atoms. The van der Waals surface area contributed by atoms with Gasteiger partial charge in [-0.2, -0.15) is 0 Å². The van der Waals surface area contributed by atoms with Crippen LogP contribution in [0, 0.1) is 11.8 Å². The minimum atomic E-state index is -0.203. The third-order valence-corrected chi connectivity index (χ3v) is 5.59. The molecule has 0 aromatic heterocycles. The number of hydrogen-bond donors (Lipinski definition) is 3. The van der Waals surface area contributed by atoms with E-state index >= 15 is 0 Å². The van der Waals surface area contributed by atoms with Crippen molar-refractivity contribution in [3.8, 4) is 0 Å². The highest BCUT2D eigenvalue weighted by molar-refractivity contribution is 5.97. The number of carbonyl (C=O) groups excluding carboxylic acids is 3. The summed E-state index contributed by atoms with van der Waals surface area (Å²) in [6, 6.07) is 14.2. The first kappa shape index (κ1) is 23.3. The molecule has 7 nitrogen and oxygen atoms in total. The quantitative estimate of drug-likeness (QED) is 0.607. The summed E-state index contributed by atoms with van der Waals surface area (Å²) in [5.74, 6) is 0.345. The molecular weight excluding hydrogens is 404 g/mol. The lowest BCUT2D eigenvalue weighted by Gasteiger charge is -2.30. The van der Waals surface area contributed by atoms with Crippen LogP contribution in [0.4, 0.5) is 17.1 Å². The summed E-state index contributed by atoms with van der Waals surface area (Å²) in [5.41, 5.74) is 2.69. The number of amides is 3. The first-order valence-electron chi connectivity index (χ1n) is 11.2. The normalized spacial score (nSPS) is 14.2. The molecular formula is C25H32N4O3. The van der Waals surface area contributed by atoms with Gasteiger partial charge in [0.2, 0.25) is 11.8 Å². The van der Waals surface area contributed by atoms with Gasteiger partial charge in [0.1, 0.15) is 0 Å². The van der Waals surface area contributed by atoms with Crippen LogP contribution < -0.4 is 16.0 Å². The summed E-state index contributed by atoms with van der Waals surface area (Å²) in [6.07, 6.45) is 2.08. The predicted octanol–water partition coefficient (Wildman–Crippen LogP) is 4.20. The van der Waals surface area contributed by atoms with Crippen LogP contribution in [0.3, 0.4) is 0 Å². The van der Waals surface area contributed by atoms with Gasteiger partial charge in [-0.1, -0.05) is 26.8 Å². The van der Waals surface area contributed by atoms with Crippen molar-refractivity contribution in [1.29, 1.82) is 0 Å². The highest BCUT2D eigenvalue weighted by Crippen LogP contribution is 2.19. The third-order valence-electron chi connectivity index (χ3n) is 5.59. The van der Waals surface area contributed by atoms with E-state index in [1.807, 2.05) is 30.9 Å². The first-order chi connectivity index (χ1) is 15.3. The van der Waals surface area contributed by atoms with E-state index in [0.717, 1.165) is 31.6 Å². The zero-order valence-electron chi connectivity index (χ0n) is 19.0. The van der Waals surface area contributed by atoms with Crippen molar-refractivity contribution < 1.29 is 14.4 Å². The van der Waals surface area contributed by atoms with Gasteiger partial charge < -0.3 is 20.9 Å². The summed E-state index contributed by atoms with van der Waals surface area (Å²) in [7, 11) is 0. The lowest BCUT2D eigenvalue weighted by Crippen LogP contribution is -2.37. The second-order valence-electron chi connectivity index (χ2n) is 8.68. The number of rotatable bonds is 7. The fourth-order valence-corrected chi connectivity index (χ4v) is 3.47. The first-order valence-corrected chi connectivity index (χ1v) is 11.2. The number of carbonyl (C=O) groups is 3. The Kier molecular flexibility index (Phi) is 7.87. The van der Waals surface area contributed by atoms with Gasteiger partial charge >= 0.3 is 0 Å². The van der Waals surface area contributed by atoms with Gasteiger partial charge in [0, 0.05) is 41.6 Å². The molecule has 1 aliphatic heterocycles. The van der Waals surface area contributed by atoms with E-state index < -0.39 is 0 Å². The molecule has 1 saturated heterocycles. The van der Waals surface area contributed by atoms with Crippen molar-refractivity contribution in [2.45, 2.75) is 33.6 Å². The smallest absolute Gasteiger partial charge is 0.253 e. The summed E-state index contributed by atoms with van der Waals surface area (Å²) in [5, 5.41) is 8.73. The minimum absolute atomic E-state index is 0.0425. The highest BCUT2D eigenvalue weighted by atomic mass is 16.2. The van der Waals surface area contributed by atoms with E-state index in [0.29, 0.717) is 22.9 Å². The molecule has 1 aliphatic rings. The van der Waals surface area contributed by atoms with Gasteiger partial charge in [0.15, 0.2) is 0 Å². The molecule has 7 heteroatoms. The number of piperidine rings is 1. The van der Waals surface area contributed by atoms with Crippen LogP contribution in [-0.2, 0) is 9.59 Å². The Morgan fingerprint density at radius 3 is 2.25 bits per heavy atom. The van der Waals surface area contributed by atoms with E-state index in [4.69, 9.17) is 0 Å². The number of nitrogens with one attached hydrogen (secondary N) is 3. The number of hydrogen-bond acceptors (Lipinski definition) is 4. The standard InChI is InChI=1S/C25H32N4O3/c1-17(2)24(31)28-22-6-4-5-21(15-22)26-16-23(30)27-20-9-7-19(8-10-20)25(32)29-13-11-18(3)12-14-29/h4-10,15,17-18,26H,11-14,16H2,1-3H3,(H,27,30)(H,28,31). The minimum Gasteiger partial charge on any atom is -0.376 e. The largest absolute Gasteiger partial charge is 0.376 e. The third kappa shape index (κ3) is 6.57. The Hall–Kier alpha value is -3.35. The number of nitrogens with zero attached hydrogens (tertiary/aromatic N) is 1. The van der Waals surface area contributed by atoms with Crippen LogP contribution in [0.2, 0.25) is 0 Å². The molecule has 1 fully saturated rings. The number of anilines is 3. The van der Waals surface area contributed by atoms with Crippen molar-refractivity contribution in [2.24, 2.45) is 11.8 Å². The van der Waals surface area contributed by atoms with Crippen molar-refractivity contribution >= 4 is 34.8 Å². The van der Waals surface area contributed by atoms with Gasteiger partial charge in [-0.15, -0.1) is 0 Å². The zero-order valence-corrected chi connectivity index (χ0v) is 19.0. The molecule has 0 unspecified atom stereocenters. The predicted molar refractivity (Wildman–Crippen MR) is 128 cm³/mol. The number of likely N-dealkylation sites (tertiary alicyclic amines) is 1. The van der Waals surface area contributed by atoms with E-state index in [9.17, 15) is 14.4 Å². The van der Waals surface area contributed by atoms with Crippen molar-refractivity contribution in [3.63, 3.8) is 0 Å². The monoisotopic (exact) mass is 436 g/mol. The van der Waals surface area contributed by atoms with Gasteiger partial charge in [-0.3, -0.25) is 14.4 Å². The molecule has 0 bridgehead atoms. The molecule has 0 aliphatic carbocycles. The van der Waals surface area contributed by atoms with Crippen molar-refractivity contribution in [3.05, 3.63) is 54.1 Å². The van der Waals surface area contributed by atoms with Crippen LogP contribution in [0.5, 0.6) is 0 Å². The average Bonchev–Trinajstić information content (AvgIpc) is 2.78. The Morgan fingerprint density at radius 1 is 0.938 bits per heavy atom. The Labute approximate surface area is 189 Å². The molecule has 32 heavy (non-hydrogen) atoms. The lowest BCUT2D eigenvalue weighted by molar-refractivity contribution is -0.119. The maximum Gasteiger partial charge on any atom is 0.253 e. The Bertz CT molecular complexity index is 948. The topological polar surface area (TPSA) is 90.5 Å². The fourth-order valence-electron chi connectivity index (χ4n) is 3.47. The van der Waals surface area contributed by atoms with Crippen LogP contribution in [0.15, 0.2) is 48.5 Å². The van der Waals surface area contributed by atoms with Crippen LogP contribution in [0.25, 0.3) is 0 Å². The van der Waals surface area contributed by atoms with E-state index in [2.05, 4.69) is 22.9 Å². The maximum absolute atomic E-state index is 12.6. The van der Waals surface area contributed by atoms with Crippen molar-refractivity contribution in [2.75, 3.05) is 35.6 Å². The van der Waals surface area contributed by atoms with Gasteiger partial charge in [0.25, 0.3) is 5.91 Å². The molecule has 0 radical (unpaired) electrons. The summed E-state index contributed by atoms with van der Waals surface area (Å²) in [4.78, 5) is 38.7. The fraction of sp³-hybridized carbons (Fsp3) is 0.400. The second-order valence-corrected chi connectivity index (χ2v) is 8.68. The highest BCUT2D eigenvalue weighted by Gasteiger charge is 2.21. The van der Waals surface area contributed by atoms with Crippen molar-refractivity contribution in [1.82, 2.24) is 4.90 Å². The summed E-state index contributed by atoms with van der Waals surface area (Å²) < 4.78 is 0. The Morgan fingerprint density at radius 2 is 1.59 bits per heavy atom. The molecule has 2 aromatic rings. The Balaban J connectivity index is 1.49. The second kappa shape index (κ2) is 10.8. The van der Waals surface area contributed by atoms with Gasteiger partial charge in [-0.25, -0.2) is 0 Å². The van der Waals surface area contributed by atoms with Crippen LogP contribution in [0.1, 0.15) is 44.0 Å². The average molecular weight is 437 g/mol. The van der Waals surface area contributed by atoms with Gasteiger partial charge in [-0.05, 0) is 61.2 Å². The molecule has 3 rings (SSSR count). The SMILES string of the molecule is CC1CCN(C(=O)c2ccc(NC(=O)CNc3cccc(NC(=O)C(C)C)c3)cc2)CC1.